The summed E-state index contributed by atoms with van der Waals surface area (Å²) in [7, 11) is 0. The van der Waals surface area contributed by atoms with Crippen molar-refractivity contribution in [2.24, 2.45) is 11.8 Å². The molecule has 2 heterocycles. The molecule has 2 aromatic rings. The van der Waals surface area contributed by atoms with Crippen LogP contribution in [0, 0.1) is 18.8 Å². The van der Waals surface area contributed by atoms with Crippen LogP contribution in [0.4, 0.5) is 0 Å². The number of amides is 1. The van der Waals surface area contributed by atoms with Gasteiger partial charge in [-0.25, -0.2) is 0 Å². The number of nitrogens with zero attached hydrogens (tertiary/aromatic N) is 1. The number of benzene rings is 1. The quantitative estimate of drug-likeness (QED) is 0.937. The van der Waals surface area contributed by atoms with Gasteiger partial charge in [0.25, 0.3) is 5.91 Å². The third-order valence-corrected chi connectivity index (χ3v) is 5.34. The second-order valence-electron chi connectivity index (χ2n) is 6.16. The summed E-state index contributed by atoms with van der Waals surface area (Å²) in [6, 6.07) is 10.0. The van der Waals surface area contributed by atoms with Crippen LogP contribution in [0.5, 0.6) is 0 Å². The highest BCUT2D eigenvalue weighted by Gasteiger charge is 2.37. The average molecular weight is 329 g/mol. The summed E-state index contributed by atoms with van der Waals surface area (Å²) in [4.78, 5) is 26.4. The number of hydrogen-bond acceptors (Lipinski definition) is 3. The second-order valence-corrected chi connectivity index (χ2v) is 7.08. The topological polar surface area (TPSA) is 57.6 Å². The number of thiophene rings is 1. The standard InChI is InChI=1S/C18H19NO3S/c1-11-3-5-13(6-4-11)14-7-8-23-16(14)17(20)19-9-12(2)15(10-19)18(21)22/h3-8,12,15H,9-10H2,1-2H3,(H,21,22)/t12-,15-/m1/s1. The van der Waals surface area contributed by atoms with Gasteiger partial charge in [-0.05, 0) is 29.9 Å². The molecule has 3 rings (SSSR count). The molecule has 0 spiro atoms. The minimum Gasteiger partial charge on any atom is -0.481 e. The Balaban J connectivity index is 1.86. The molecular formula is C18H19NO3S. The number of carbonyl (C=O) groups is 2. The van der Waals surface area contributed by atoms with Gasteiger partial charge in [0.1, 0.15) is 0 Å². The molecule has 0 bridgehead atoms. The van der Waals surface area contributed by atoms with E-state index in [9.17, 15) is 14.7 Å². The lowest BCUT2D eigenvalue weighted by Crippen LogP contribution is -2.29. The Morgan fingerprint density at radius 3 is 2.48 bits per heavy atom. The Morgan fingerprint density at radius 1 is 1.17 bits per heavy atom. The van der Waals surface area contributed by atoms with Gasteiger partial charge in [0.05, 0.1) is 10.8 Å². The molecule has 0 radical (unpaired) electrons. The van der Waals surface area contributed by atoms with Crippen LogP contribution in [-0.4, -0.2) is 35.0 Å². The monoisotopic (exact) mass is 329 g/mol. The molecule has 0 aliphatic carbocycles. The minimum atomic E-state index is -0.822. The van der Waals surface area contributed by atoms with Crippen molar-refractivity contribution in [2.75, 3.05) is 13.1 Å². The molecule has 1 fully saturated rings. The van der Waals surface area contributed by atoms with E-state index in [4.69, 9.17) is 0 Å². The maximum Gasteiger partial charge on any atom is 0.308 e. The summed E-state index contributed by atoms with van der Waals surface area (Å²) in [5, 5.41) is 11.2. The molecule has 0 unspecified atom stereocenters. The van der Waals surface area contributed by atoms with Gasteiger partial charge in [0, 0.05) is 18.7 Å². The van der Waals surface area contributed by atoms with Crippen molar-refractivity contribution in [3.8, 4) is 11.1 Å². The van der Waals surface area contributed by atoms with E-state index in [1.54, 1.807) is 4.90 Å². The number of hydrogen-bond donors (Lipinski definition) is 1. The van der Waals surface area contributed by atoms with E-state index in [0.717, 1.165) is 11.1 Å². The number of carboxylic acid groups (broad SMARTS) is 1. The molecule has 120 valence electrons. The smallest absolute Gasteiger partial charge is 0.308 e. The van der Waals surface area contributed by atoms with E-state index in [1.807, 2.05) is 49.6 Å². The summed E-state index contributed by atoms with van der Waals surface area (Å²) in [6.45, 7) is 4.71. The predicted octanol–water partition coefficient (Wildman–Crippen LogP) is 3.52. The fourth-order valence-corrected chi connectivity index (χ4v) is 3.92. The van der Waals surface area contributed by atoms with E-state index in [0.29, 0.717) is 18.0 Å². The number of rotatable bonds is 3. The summed E-state index contributed by atoms with van der Waals surface area (Å²) in [5.74, 6) is -1.37. The molecule has 0 saturated carbocycles. The van der Waals surface area contributed by atoms with Crippen LogP contribution < -0.4 is 0 Å². The normalized spacial score (nSPS) is 20.7. The van der Waals surface area contributed by atoms with E-state index < -0.39 is 11.9 Å². The van der Waals surface area contributed by atoms with Crippen molar-refractivity contribution in [2.45, 2.75) is 13.8 Å². The summed E-state index contributed by atoms with van der Waals surface area (Å²) in [5.41, 5.74) is 3.11. The first-order chi connectivity index (χ1) is 11.0. The molecular weight excluding hydrogens is 310 g/mol. The van der Waals surface area contributed by atoms with Crippen molar-refractivity contribution in [3.05, 3.63) is 46.2 Å². The molecule has 1 aromatic carbocycles. The van der Waals surface area contributed by atoms with Gasteiger partial charge in [-0.15, -0.1) is 11.3 Å². The van der Waals surface area contributed by atoms with Crippen LogP contribution in [-0.2, 0) is 4.79 Å². The summed E-state index contributed by atoms with van der Waals surface area (Å²) in [6.07, 6.45) is 0. The van der Waals surface area contributed by atoms with Crippen molar-refractivity contribution >= 4 is 23.2 Å². The molecule has 4 nitrogen and oxygen atoms in total. The minimum absolute atomic E-state index is 0.0146. The SMILES string of the molecule is Cc1ccc(-c2ccsc2C(=O)N2C[C@@H](C)[C@H](C(=O)O)C2)cc1. The fourth-order valence-electron chi connectivity index (χ4n) is 3.03. The van der Waals surface area contributed by atoms with E-state index in [-0.39, 0.29) is 11.8 Å². The lowest BCUT2D eigenvalue weighted by atomic mass is 9.99. The Labute approximate surface area is 139 Å². The number of carbonyl (C=O) groups excluding carboxylic acids is 1. The highest BCUT2D eigenvalue weighted by atomic mass is 32.1. The van der Waals surface area contributed by atoms with Gasteiger partial charge in [-0.3, -0.25) is 9.59 Å². The van der Waals surface area contributed by atoms with Crippen LogP contribution in [0.15, 0.2) is 35.7 Å². The number of aryl methyl sites for hydroxylation is 1. The zero-order chi connectivity index (χ0) is 16.6. The molecule has 1 N–H and O–H groups in total. The second kappa shape index (κ2) is 6.16. The van der Waals surface area contributed by atoms with Crippen LogP contribution in [0.3, 0.4) is 0 Å². The first kappa shape index (κ1) is 15.7. The van der Waals surface area contributed by atoms with Crippen molar-refractivity contribution < 1.29 is 14.7 Å². The molecule has 23 heavy (non-hydrogen) atoms. The molecule has 5 heteroatoms. The fraction of sp³-hybridized carbons (Fsp3) is 0.333. The van der Waals surface area contributed by atoms with E-state index >= 15 is 0 Å². The number of aliphatic carboxylic acids is 1. The van der Waals surface area contributed by atoms with E-state index in [2.05, 4.69) is 0 Å². The largest absolute Gasteiger partial charge is 0.481 e. The Bertz CT molecular complexity index is 735. The van der Waals surface area contributed by atoms with Crippen LogP contribution in [0.25, 0.3) is 11.1 Å². The molecule has 2 atom stereocenters. The van der Waals surface area contributed by atoms with Crippen LogP contribution in [0.2, 0.25) is 0 Å². The zero-order valence-corrected chi connectivity index (χ0v) is 14.0. The third kappa shape index (κ3) is 3.01. The van der Waals surface area contributed by atoms with E-state index in [1.165, 1.54) is 16.9 Å². The van der Waals surface area contributed by atoms with Gasteiger partial charge in [-0.1, -0.05) is 36.8 Å². The number of likely N-dealkylation sites (tertiary alicyclic amines) is 1. The van der Waals surface area contributed by atoms with Crippen molar-refractivity contribution in [3.63, 3.8) is 0 Å². The van der Waals surface area contributed by atoms with Gasteiger partial charge in [0.15, 0.2) is 0 Å². The van der Waals surface area contributed by atoms with Gasteiger partial charge in [0.2, 0.25) is 0 Å². The highest BCUT2D eigenvalue weighted by molar-refractivity contribution is 7.12. The first-order valence-corrected chi connectivity index (χ1v) is 8.52. The van der Waals surface area contributed by atoms with Gasteiger partial charge in [-0.2, -0.15) is 0 Å². The lowest BCUT2D eigenvalue weighted by molar-refractivity contribution is -0.142. The van der Waals surface area contributed by atoms with Crippen molar-refractivity contribution in [1.29, 1.82) is 0 Å². The average Bonchev–Trinajstić information content (AvgIpc) is 3.14. The van der Waals surface area contributed by atoms with Gasteiger partial charge >= 0.3 is 5.97 Å². The third-order valence-electron chi connectivity index (χ3n) is 4.44. The highest BCUT2D eigenvalue weighted by Crippen LogP contribution is 2.32. The molecule has 1 aliphatic rings. The predicted molar refractivity (Wildman–Crippen MR) is 90.7 cm³/mol. The Hall–Kier alpha value is -2.14. The lowest BCUT2D eigenvalue weighted by Gasteiger charge is -2.16. The van der Waals surface area contributed by atoms with Gasteiger partial charge < -0.3 is 10.0 Å². The van der Waals surface area contributed by atoms with Crippen LogP contribution >= 0.6 is 11.3 Å². The molecule has 1 aliphatic heterocycles. The Kier molecular flexibility index (Phi) is 4.22. The maximum atomic E-state index is 12.8. The first-order valence-electron chi connectivity index (χ1n) is 7.64. The maximum absolute atomic E-state index is 12.8. The molecule has 1 saturated heterocycles. The van der Waals surface area contributed by atoms with Crippen LogP contribution in [0.1, 0.15) is 22.2 Å². The number of carboxylic acids is 1. The molecule has 1 amide bonds. The Morgan fingerprint density at radius 2 is 1.87 bits per heavy atom. The zero-order valence-electron chi connectivity index (χ0n) is 13.2. The summed E-state index contributed by atoms with van der Waals surface area (Å²) >= 11 is 1.42. The summed E-state index contributed by atoms with van der Waals surface area (Å²) < 4.78 is 0. The molecule has 1 aromatic heterocycles. The van der Waals surface area contributed by atoms with Crippen molar-refractivity contribution in [1.82, 2.24) is 4.90 Å².